The molecule has 1 heterocycles. The smallest absolute Gasteiger partial charge is 0.355 e. The van der Waals surface area contributed by atoms with Crippen LogP contribution in [0, 0.1) is 11.6 Å². The first kappa shape index (κ1) is 17.3. The van der Waals surface area contributed by atoms with Crippen molar-refractivity contribution in [2.24, 2.45) is 0 Å². The highest BCUT2D eigenvalue weighted by Crippen LogP contribution is 2.16. The number of carbonyl (C=O) groups is 3. The van der Waals surface area contributed by atoms with Crippen LogP contribution in [0.1, 0.15) is 34.7 Å². The van der Waals surface area contributed by atoms with Crippen LogP contribution < -0.4 is 5.32 Å². The number of benzene rings is 1. The van der Waals surface area contributed by atoms with Crippen molar-refractivity contribution < 1.29 is 27.9 Å². The number of nitrogens with one attached hydrogen (secondary N) is 2. The molecular formula is C16H14F2N2O4. The number of carbonyl (C=O) groups excluding carboxylic acids is 3. The Kier molecular flexibility index (Phi) is 5.08. The Morgan fingerprint density at radius 1 is 1.21 bits per heavy atom. The second-order valence-corrected chi connectivity index (χ2v) is 5.02. The van der Waals surface area contributed by atoms with Crippen molar-refractivity contribution in [3.63, 3.8) is 0 Å². The molecule has 0 unspecified atom stereocenters. The molecule has 1 aromatic carbocycles. The molecule has 2 N–H and O–H groups in total. The average molecular weight is 336 g/mol. The third-order valence-corrected chi connectivity index (χ3v) is 3.15. The van der Waals surface area contributed by atoms with Gasteiger partial charge in [-0.25, -0.2) is 13.6 Å². The van der Waals surface area contributed by atoms with Crippen LogP contribution in [0.4, 0.5) is 14.5 Å². The number of halogens is 2. The lowest BCUT2D eigenvalue weighted by molar-refractivity contribution is -0.123. The molecule has 2 aromatic rings. The van der Waals surface area contributed by atoms with E-state index >= 15 is 0 Å². The number of aromatic nitrogens is 1. The maximum Gasteiger partial charge on any atom is 0.355 e. The van der Waals surface area contributed by atoms with E-state index in [1.807, 2.05) is 0 Å². The molecule has 0 radical (unpaired) electrons. The van der Waals surface area contributed by atoms with Gasteiger partial charge in [-0.1, -0.05) is 0 Å². The highest BCUT2D eigenvalue weighted by molar-refractivity contribution is 5.99. The van der Waals surface area contributed by atoms with Gasteiger partial charge in [-0.05, 0) is 32.0 Å². The van der Waals surface area contributed by atoms with E-state index in [9.17, 15) is 23.2 Å². The van der Waals surface area contributed by atoms with Crippen LogP contribution in [-0.4, -0.2) is 28.7 Å². The Balaban J connectivity index is 2.00. The van der Waals surface area contributed by atoms with Crippen molar-refractivity contribution in [3.8, 4) is 0 Å². The van der Waals surface area contributed by atoms with Gasteiger partial charge in [0.15, 0.2) is 11.9 Å². The Labute approximate surface area is 135 Å². The van der Waals surface area contributed by atoms with Crippen molar-refractivity contribution >= 4 is 23.3 Å². The van der Waals surface area contributed by atoms with Crippen LogP contribution in [0.5, 0.6) is 0 Å². The van der Waals surface area contributed by atoms with Gasteiger partial charge in [-0.15, -0.1) is 0 Å². The van der Waals surface area contributed by atoms with E-state index in [1.165, 1.54) is 26.1 Å². The van der Waals surface area contributed by atoms with E-state index in [-0.39, 0.29) is 17.2 Å². The molecule has 6 nitrogen and oxygen atoms in total. The fourth-order valence-electron chi connectivity index (χ4n) is 1.82. The topological polar surface area (TPSA) is 88.3 Å². The molecule has 8 heteroatoms. The van der Waals surface area contributed by atoms with Crippen LogP contribution in [0.3, 0.4) is 0 Å². The van der Waals surface area contributed by atoms with Gasteiger partial charge in [0.2, 0.25) is 0 Å². The number of anilines is 1. The summed E-state index contributed by atoms with van der Waals surface area (Å²) in [6.07, 6.45) is 0.114. The standard InChI is InChI=1S/C16H14F2N2O4/c1-8(21)10-5-14(19-7-10)16(23)24-9(2)15(22)20-13-4-3-11(17)6-12(13)18/h3-7,9,19H,1-2H3,(H,20,22)/t9-/m1/s1. The summed E-state index contributed by atoms with van der Waals surface area (Å²) >= 11 is 0. The number of Topliss-reactive ketones (excluding diaryl/α,β-unsaturated/α-hetero) is 1. The zero-order valence-electron chi connectivity index (χ0n) is 12.9. The molecule has 0 saturated heterocycles. The highest BCUT2D eigenvalue weighted by Gasteiger charge is 2.21. The molecule has 1 amide bonds. The van der Waals surface area contributed by atoms with Gasteiger partial charge in [0, 0.05) is 17.8 Å². The normalized spacial score (nSPS) is 11.7. The first-order chi connectivity index (χ1) is 11.3. The molecule has 24 heavy (non-hydrogen) atoms. The quantitative estimate of drug-likeness (QED) is 0.649. The van der Waals surface area contributed by atoms with Crippen molar-refractivity contribution in [2.75, 3.05) is 5.32 Å². The largest absolute Gasteiger partial charge is 0.448 e. The van der Waals surface area contributed by atoms with E-state index in [1.54, 1.807) is 0 Å². The van der Waals surface area contributed by atoms with E-state index in [2.05, 4.69) is 10.3 Å². The van der Waals surface area contributed by atoms with Gasteiger partial charge in [0.25, 0.3) is 5.91 Å². The van der Waals surface area contributed by atoms with Gasteiger partial charge in [-0.3, -0.25) is 9.59 Å². The molecule has 2 rings (SSSR count). The Morgan fingerprint density at radius 2 is 1.92 bits per heavy atom. The van der Waals surface area contributed by atoms with Gasteiger partial charge in [0.1, 0.15) is 17.3 Å². The molecule has 126 valence electrons. The Bertz CT molecular complexity index is 801. The minimum atomic E-state index is -1.23. The molecule has 1 aromatic heterocycles. The van der Waals surface area contributed by atoms with Crippen molar-refractivity contribution in [3.05, 3.63) is 53.4 Å². The summed E-state index contributed by atoms with van der Waals surface area (Å²) in [5, 5.41) is 2.20. The van der Waals surface area contributed by atoms with Crippen molar-refractivity contribution in [2.45, 2.75) is 20.0 Å². The summed E-state index contributed by atoms with van der Waals surface area (Å²) < 4.78 is 31.2. The van der Waals surface area contributed by atoms with Gasteiger partial charge >= 0.3 is 5.97 Å². The SMILES string of the molecule is CC(=O)c1c[nH]c(C(=O)O[C@H](C)C(=O)Nc2ccc(F)cc2F)c1. The summed E-state index contributed by atoms with van der Waals surface area (Å²) in [6.45, 7) is 2.63. The number of ether oxygens (including phenoxy) is 1. The van der Waals surface area contributed by atoms with Crippen LogP contribution in [0.15, 0.2) is 30.5 Å². The van der Waals surface area contributed by atoms with Crippen LogP contribution in [-0.2, 0) is 9.53 Å². The Morgan fingerprint density at radius 3 is 2.50 bits per heavy atom. The molecular weight excluding hydrogens is 322 g/mol. The molecule has 1 atom stereocenters. The number of rotatable bonds is 5. The number of H-pyrrole nitrogens is 1. The molecule has 0 aliphatic carbocycles. The second-order valence-electron chi connectivity index (χ2n) is 5.02. The fourth-order valence-corrected chi connectivity index (χ4v) is 1.82. The zero-order chi connectivity index (χ0) is 17.9. The van der Waals surface area contributed by atoms with E-state index in [0.29, 0.717) is 11.6 Å². The van der Waals surface area contributed by atoms with Crippen LogP contribution in [0.25, 0.3) is 0 Å². The monoisotopic (exact) mass is 336 g/mol. The van der Waals surface area contributed by atoms with Crippen molar-refractivity contribution in [1.82, 2.24) is 4.98 Å². The minimum Gasteiger partial charge on any atom is -0.448 e. The van der Waals surface area contributed by atoms with E-state index in [0.717, 1.165) is 12.1 Å². The number of hydrogen-bond acceptors (Lipinski definition) is 4. The molecule has 0 aliphatic rings. The fraction of sp³-hybridized carbons (Fsp3) is 0.188. The highest BCUT2D eigenvalue weighted by atomic mass is 19.1. The summed E-state index contributed by atoms with van der Waals surface area (Å²) in [4.78, 5) is 37.5. The molecule has 0 aliphatic heterocycles. The number of ketones is 1. The van der Waals surface area contributed by atoms with Gasteiger partial charge < -0.3 is 15.0 Å². The van der Waals surface area contributed by atoms with Gasteiger partial charge in [0.05, 0.1) is 5.69 Å². The summed E-state index contributed by atoms with van der Waals surface area (Å²) in [5.74, 6) is -3.59. The number of hydrogen-bond donors (Lipinski definition) is 2. The molecule has 0 bridgehead atoms. The van der Waals surface area contributed by atoms with Crippen LogP contribution in [0.2, 0.25) is 0 Å². The Hall–Kier alpha value is -3.03. The maximum absolute atomic E-state index is 13.5. The third-order valence-electron chi connectivity index (χ3n) is 3.15. The lowest BCUT2D eigenvalue weighted by atomic mass is 10.2. The third kappa shape index (κ3) is 4.03. The second kappa shape index (κ2) is 7.03. The van der Waals surface area contributed by atoms with E-state index in [4.69, 9.17) is 4.74 Å². The number of amides is 1. The van der Waals surface area contributed by atoms with Gasteiger partial charge in [-0.2, -0.15) is 0 Å². The molecule has 0 fully saturated rings. The van der Waals surface area contributed by atoms with Crippen LogP contribution >= 0.6 is 0 Å². The minimum absolute atomic E-state index is 0.00723. The van der Waals surface area contributed by atoms with E-state index < -0.39 is 29.6 Å². The lowest BCUT2D eigenvalue weighted by Crippen LogP contribution is -2.30. The predicted octanol–water partition coefficient (Wildman–Crippen LogP) is 2.68. The molecule has 0 spiro atoms. The molecule has 0 saturated carbocycles. The first-order valence-electron chi connectivity index (χ1n) is 6.94. The maximum atomic E-state index is 13.5. The lowest BCUT2D eigenvalue weighted by Gasteiger charge is -2.13. The zero-order valence-corrected chi connectivity index (χ0v) is 12.9. The average Bonchev–Trinajstić information content (AvgIpc) is 3.00. The number of aromatic amines is 1. The summed E-state index contributed by atoms with van der Waals surface area (Å²) in [7, 11) is 0. The summed E-state index contributed by atoms with van der Waals surface area (Å²) in [6, 6.07) is 3.96. The summed E-state index contributed by atoms with van der Waals surface area (Å²) in [5.41, 5.74) is 0.0725. The van der Waals surface area contributed by atoms with Crippen molar-refractivity contribution in [1.29, 1.82) is 0 Å². The number of esters is 1. The predicted molar refractivity (Wildman–Crippen MR) is 80.7 cm³/mol. The first-order valence-corrected chi connectivity index (χ1v) is 6.94.